The van der Waals surface area contributed by atoms with Crippen LogP contribution in [0.4, 0.5) is 0 Å². The van der Waals surface area contributed by atoms with Gasteiger partial charge in [-0.25, -0.2) is 0 Å². The molecule has 1 fully saturated rings. The molecule has 0 radical (unpaired) electrons. The summed E-state index contributed by atoms with van der Waals surface area (Å²) in [6, 6.07) is 4.30. The van der Waals surface area contributed by atoms with Crippen molar-refractivity contribution in [1.29, 1.82) is 0 Å². The van der Waals surface area contributed by atoms with E-state index >= 15 is 0 Å². The van der Waals surface area contributed by atoms with Crippen molar-refractivity contribution in [3.63, 3.8) is 0 Å². The van der Waals surface area contributed by atoms with Crippen LogP contribution in [0.1, 0.15) is 94.7 Å². The first kappa shape index (κ1) is 25.2. The fourth-order valence-corrected chi connectivity index (χ4v) is 5.45. The number of nitrogens with one attached hydrogen (secondary N) is 1. The van der Waals surface area contributed by atoms with Crippen molar-refractivity contribution in [3.8, 4) is 5.75 Å². The van der Waals surface area contributed by atoms with Gasteiger partial charge in [0, 0.05) is 0 Å². The van der Waals surface area contributed by atoms with Gasteiger partial charge in [0.25, 0.3) is 0 Å². The number of hydrogen-bond acceptors (Lipinski definition) is 3. The molecular weight excluding hydrogens is 370 g/mol. The van der Waals surface area contributed by atoms with Crippen LogP contribution in [0.3, 0.4) is 0 Å². The Morgan fingerprint density at radius 3 is 2.47 bits per heavy atom. The van der Waals surface area contributed by atoms with E-state index in [0.717, 1.165) is 55.5 Å². The van der Waals surface area contributed by atoms with E-state index in [1.165, 1.54) is 62.5 Å². The molecule has 0 aliphatic heterocycles. The molecule has 3 rings (SSSR count). The second kappa shape index (κ2) is 13.4. The molecule has 4 unspecified atom stereocenters. The van der Waals surface area contributed by atoms with E-state index in [4.69, 9.17) is 0 Å². The molecule has 0 bridgehead atoms. The van der Waals surface area contributed by atoms with Crippen molar-refractivity contribution >= 4 is 0 Å². The lowest BCUT2D eigenvalue weighted by molar-refractivity contribution is 0.134. The summed E-state index contributed by atoms with van der Waals surface area (Å²) < 4.78 is 0. The number of benzene rings is 1. The predicted molar refractivity (Wildman–Crippen MR) is 128 cm³/mol. The normalized spacial score (nSPS) is 23.3. The van der Waals surface area contributed by atoms with E-state index in [9.17, 15) is 10.2 Å². The number of hydrogen-bond donors (Lipinski definition) is 3. The summed E-state index contributed by atoms with van der Waals surface area (Å²) in [5.74, 6) is 2.82. The Morgan fingerprint density at radius 2 is 1.80 bits per heavy atom. The maximum Gasteiger partial charge on any atom is 0.121 e. The first-order chi connectivity index (χ1) is 14.5. The predicted octanol–water partition coefficient (Wildman–Crippen LogP) is 6.17. The highest BCUT2D eigenvalue weighted by molar-refractivity contribution is 5.46. The van der Waals surface area contributed by atoms with E-state index in [2.05, 4.69) is 31.3 Å². The van der Waals surface area contributed by atoms with Crippen molar-refractivity contribution in [2.24, 2.45) is 17.8 Å². The number of phenolic OH excluding ortho intramolecular Hbond substituents is 1. The third kappa shape index (κ3) is 7.27. The number of unbranched alkanes of at least 4 members (excludes halogenated alkanes) is 3. The van der Waals surface area contributed by atoms with Gasteiger partial charge in [-0.1, -0.05) is 51.7 Å². The van der Waals surface area contributed by atoms with E-state index in [1.54, 1.807) is 0 Å². The third-order valence-electron chi connectivity index (χ3n) is 7.41. The first-order valence-corrected chi connectivity index (χ1v) is 12.6. The van der Waals surface area contributed by atoms with Gasteiger partial charge >= 0.3 is 0 Å². The van der Waals surface area contributed by atoms with Gasteiger partial charge in [-0.2, -0.15) is 0 Å². The zero-order chi connectivity index (χ0) is 21.9. The summed E-state index contributed by atoms with van der Waals surface area (Å²) in [6.07, 6.45) is 14.1. The van der Waals surface area contributed by atoms with Crippen LogP contribution >= 0.6 is 0 Å². The number of aliphatic hydroxyl groups is 1. The summed E-state index contributed by atoms with van der Waals surface area (Å²) in [4.78, 5) is 0. The van der Waals surface area contributed by atoms with Crippen LogP contribution in [-0.2, 0) is 12.8 Å². The molecular formula is C27H47NO2. The Bertz CT molecular complexity index is 611. The molecule has 30 heavy (non-hydrogen) atoms. The molecule has 2 aliphatic rings. The fraction of sp³-hybridized carbons (Fsp3) is 0.778. The lowest BCUT2D eigenvalue weighted by Gasteiger charge is -2.32. The summed E-state index contributed by atoms with van der Waals surface area (Å²) in [5, 5.41) is 23.7. The van der Waals surface area contributed by atoms with Crippen molar-refractivity contribution in [2.75, 3.05) is 13.6 Å². The molecule has 1 aromatic rings. The number of phenols is 1. The number of aliphatic hydroxyl groups excluding tert-OH is 1. The SMILES string of the molecule is CCCCCC(O)CCC1CCC2Cc3c(ccc(C)c3O)CC12.CCCCNC. The van der Waals surface area contributed by atoms with Crippen LogP contribution in [0, 0.1) is 24.7 Å². The number of rotatable bonds is 10. The lowest BCUT2D eigenvalue weighted by atomic mass is 9.73. The van der Waals surface area contributed by atoms with Gasteiger partial charge in [0.2, 0.25) is 0 Å². The molecule has 0 amide bonds. The minimum atomic E-state index is -0.0989. The Hall–Kier alpha value is -1.06. The van der Waals surface area contributed by atoms with Gasteiger partial charge in [-0.3, -0.25) is 0 Å². The lowest BCUT2D eigenvalue weighted by Crippen LogP contribution is -2.26. The largest absolute Gasteiger partial charge is 0.507 e. The fourth-order valence-electron chi connectivity index (χ4n) is 5.45. The van der Waals surface area contributed by atoms with Crippen molar-refractivity contribution in [2.45, 2.75) is 104 Å². The molecule has 3 heteroatoms. The quantitative estimate of drug-likeness (QED) is 0.399. The highest BCUT2D eigenvalue weighted by Crippen LogP contribution is 2.48. The van der Waals surface area contributed by atoms with Crippen LogP contribution in [0.25, 0.3) is 0 Å². The summed E-state index contributed by atoms with van der Waals surface area (Å²) >= 11 is 0. The third-order valence-corrected chi connectivity index (χ3v) is 7.41. The molecule has 0 spiro atoms. The highest BCUT2D eigenvalue weighted by atomic mass is 16.3. The first-order valence-electron chi connectivity index (χ1n) is 12.6. The monoisotopic (exact) mass is 417 g/mol. The average molecular weight is 418 g/mol. The standard InChI is InChI=1S/C22H34O2.C5H13N/c1-3-4-5-6-19(23)12-11-16-9-10-17-14-21-18(13-20(16)17)8-7-15(2)22(21)24;1-3-4-5-6-2/h7-8,16-17,19-20,23-24H,3-6,9-14H2,1-2H3;6H,3-5H2,1-2H3. The molecule has 3 N–H and O–H groups in total. The van der Waals surface area contributed by atoms with Gasteiger partial charge in [-0.15, -0.1) is 0 Å². The molecule has 172 valence electrons. The second-order valence-corrected chi connectivity index (χ2v) is 9.72. The van der Waals surface area contributed by atoms with Crippen molar-refractivity contribution in [3.05, 3.63) is 28.8 Å². The Kier molecular flexibility index (Phi) is 11.2. The van der Waals surface area contributed by atoms with Crippen LogP contribution in [0.15, 0.2) is 12.1 Å². The summed E-state index contributed by atoms with van der Waals surface area (Å²) in [5.41, 5.74) is 3.60. The number of aryl methyl sites for hydroxylation is 1. The smallest absolute Gasteiger partial charge is 0.121 e. The van der Waals surface area contributed by atoms with E-state index in [-0.39, 0.29) is 6.10 Å². The van der Waals surface area contributed by atoms with Crippen LogP contribution < -0.4 is 5.32 Å². The van der Waals surface area contributed by atoms with E-state index < -0.39 is 0 Å². The number of aromatic hydroxyl groups is 1. The average Bonchev–Trinajstić information content (AvgIpc) is 3.15. The molecule has 3 nitrogen and oxygen atoms in total. The minimum absolute atomic E-state index is 0.0989. The van der Waals surface area contributed by atoms with Gasteiger partial charge in [0.1, 0.15) is 5.75 Å². The minimum Gasteiger partial charge on any atom is -0.507 e. The maximum atomic E-state index is 10.4. The van der Waals surface area contributed by atoms with Crippen molar-refractivity contribution in [1.82, 2.24) is 5.32 Å². The van der Waals surface area contributed by atoms with Gasteiger partial charge in [0.05, 0.1) is 6.10 Å². The zero-order valence-corrected chi connectivity index (χ0v) is 20.1. The van der Waals surface area contributed by atoms with Crippen LogP contribution in [0.2, 0.25) is 0 Å². The van der Waals surface area contributed by atoms with Crippen LogP contribution in [-0.4, -0.2) is 29.9 Å². The summed E-state index contributed by atoms with van der Waals surface area (Å²) in [6.45, 7) is 7.57. The van der Waals surface area contributed by atoms with E-state index in [0.29, 0.717) is 5.75 Å². The van der Waals surface area contributed by atoms with E-state index in [1.807, 2.05) is 14.0 Å². The van der Waals surface area contributed by atoms with Gasteiger partial charge in [-0.05, 0) is 106 Å². The zero-order valence-electron chi connectivity index (χ0n) is 20.1. The molecule has 0 aromatic heterocycles. The molecule has 0 heterocycles. The molecule has 4 atom stereocenters. The highest BCUT2D eigenvalue weighted by Gasteiger charge is 2.39. The molecule has 2 aliphatic carbocycles. The van der Waals surface area contributed by atoms with Gasteiger partial charge < -0.3 is 15.5 Å². The Morgan fingerprint density at radius 1 is 1.03 bits per heavy atom. The Balaban J connectivity index is 0.000000469. The maximum absolute atomic E-state index is 10.4. The topological polar surface area (TPSA) is 52.5 Å². The molecule has 1 aromatic carbocycles. The summed E-state index contributed by atoms with van der Waals surface area (Å²) in [7, 11) is 1.98. The number of fused-ring (bicyclic) bond motifs is 2. The molecule has 1 saturated carbocycles. The van der Waals surface area contributed by atoms with Crippen LogP contribution in [0.5, 0.6) is 5.75 Å². The second-order valence-electron chi connectivity index (χ2n) is 9.72. The van der Waals surface area contributed by atoms with Gasteiger partial charge in [0.15, 0.2) is 0 Å². The Labute approximate surface area is 185 Å². The van der Waals surface area contributed by atoms with Crippen molar-refractivity contribution < 1.29 is 10.2 Å². The molecule has 0 saturated heterocycles.